The Kier molecular flexibility index (Phi) is 5.74. The number of thioether (sulfide) groups is 1. The van der Waals surface area contributed by atoms with E-state index in [2.05, 4.69) is 0 Å². The third-order valence-corrected chi connectivity index (χ3v) is 8.18. The van der Waals surface area contributed by atoms with Crippen molar-refractivity contribution in [3.63, 3.8) is 0 Å². The van der Waals surface area contributed by atoms with Crippen molar-refractivity contribution in [3.05, 3.63) is 47.5 Å². The number of carbonyl (C=O) groups excluding carboxylic acids is 1. The molecule has 1 amide bonds. The van der Waals surface area contributed by atoms with Crippen molar-refractivity contribution >= 4 is 46.4 Å². The quantitative estimate of drug-likeness (QED) is 0.580. The summed E-state index contributed by atoms with van der Waals surface area (Å²) in [6.07, 6.45) is -3.87. The zero-order valence-electron chi connectivity index (χ0n) is 18.5. The Morgan fingerprint density at radius 3 is 2.57 bits per heavy atom. The second-order valence-corrected chi connectivity index (χ2v) is 10.2. The van der Waals surface area contributed by atoms with Crippen molar-refractivity contribution in [1.29, 1.82) is 5.26 Å². The third kappa shape index (κ3) is 3.75. The molecule has 5 rings (SSSR count). The van der Waals surface area contributed by atoms with Gasteiger partial charge < -0.3 is 14.7 Å². The van der Waals surface area contributed by atoms with Gasteiger partial charge in [0.15, 0.2) is 5.11 Å². The molecule has 2 heterocycles. The number of fused-ring (bicyclic) bond motifs is 1. The first-order valence-corrected chi connectivity index (χ1v) is 12.4. The number of thiocarbonyl (C=S) groups is 1. The Morgan fingerprint density at radius 2 is 1.97 bits per heavy atom. The Hall–Kier alpha value is -2.81. The number of nitriles is 1. The topological polar surface area (TPSA) is 76.8 Å². The van der Waals surface area contributed by atoms with E-state index < -0.39 is 28.9 Å². The van der Waals surface area contributed by atoms with Crippen LogP contribution in [0, 0.1) is 11.3 Å². The lowest BCUT2D eigenvalue weighted by Crippen LogP contribution is -2.55. The van der Waals surface area contributed by atoms with Crippen LogP contribution in [0.4, 0.5) is 24.5 Å². The van der Waals surface area contributed by atoms with Crippen LogP contribution in [0.1, 0.15) is 37.3 Å². The van der Waals surface area contributed by atoms with Crippen LogP contribution in [0.3, 0.4) is 0 Å². The van der Waals surface area contributed by atoms with E-state index in [4.69, 9.17) is 22.2 Å². The van der Waals surface area contributed by atoms with Gasteiger partial charge >= 0.3 is 6.18 Å². The van der Waals surface area contributed by atoms with E-state index in [-0.39, 0.29) is 22.8 Å². The largest absolute Gasteiger partial charge is 0.486 e. The average Bonchev–Trinajstić information content (AvgIpc) is 3.04. The number of hydrogen-bond donors (Lipinski definition) is 1. The molecule has 1 N–H and O–H groups in total. The minimum atomic E-state index is -4.75. The molecule has 2 aliphatic heterocycles. The van der Waals surface area contributed by atoms with E-state index in [0.717, 1.165) is 28.3 Å². The van der Waals surface area contributed by atoms with Crippen molar-refractivity contribution in [1.82, 2.24) is 0 Å². The smallest absolute Gasteiger partial charge is 0.417 e. The fourth-order valence-electron chi connectivity index (χ4n) is 4.66. The maximum Gasteiger partial charge on any atom is 0.417 e. The minimum Gasteiger partial charge on any atom is -0.486 e. The molecule has 35 heavy (non-hydrogen) atoms. The van der Waals surface area contributed by atoms with Crippen molar-refractivity contribution in [2.75, 3.05) is 15.6 Å². The van der Waals surface area contributed by atoms with Gasteiger partial charge in [0.25, 0.3) is 5.91 Å². The highest BCUT2D eigenvalue weighted by molar-refractivity contribution is 7.99. The standard InChI is InChI=1S/C24H20F3N3O3S2/c1-13(31)19-12-35-20-10-16(5-6-18(20)33-19)30-22(34)29(21(32)23(30)7-2-8-23)15-4-3-14(11-28)17(9-15)24(25,26)27/h3-6,9-10,13,19,31H,2,7-8,12H2,1H3/t13-,19-/m1/s1. The monoisotopic (exact) mass is 519 g/mol. The minimum absolute atomic E-state index is 0.0180. The summed E-state index contributed by atoms with van der Waals surface area (Å²) in [6, 6.07) is 10.1. The van der Waals surface area contributed by atoms with Crippen molar-refractivity contribution in [3.8, 4) is 11.8 Å². The second-order valence-electron chi connectivity index (χ2n) is 8.82. The summed E-state index contributed by atoms with van der Waals surface area (Å²) in [5.74, 6) is 0.802. The van der Waals surface area contributed by atoms with Crippen LogP contribution < -0.4 is 14.5 Å². The number of benzene rings is 2. The van der Waals surface area contributed by atoms with Gasteiger partial charge in [-0.3, -0.25) is 9.69 Å². The average molecular weight is 520 g/mol. The molecule has 0 bridgehead atoms. The van der Waals surface area contributed by atoms with Crippen molar-refractivity contribution < 1.29 is 27.8 Å². The van der Waals surface area contributed by atoms with Gasteiger partial charge in [0, 0.05) is 11.4 Å². The number of aliphatic hydroxyl groups is 1. The lowest BCUT2D eigenvalue weighted by atomic mass is 9.75. The molecule has 182 valence electrons. The Balaban J connectivity index is 1.54. The van der Waals surface area contributed by atoms with Crippen LogP contribution in [-0.4, -0.2) is 39.6 Å². The molecule has 2 fully saturated rings. The van der Waals surface area contributed by atoms with Crippen LogP contribution >= 0.6 is 24.0 Å². The van der Waals surface area contributed by atoms with E-state index >= 15 is 0 Å². The first-order chi connectivity index (χ1) is 16.6. The number of anilines is 2. The Bertz CT molecular complexity index is 1270. The third-order valence-electron chi connectivity index (χ3n) is 6.68. The number of alkyl halides is 3. The Morgan fingerprint density at radius 1 is 1.26 bits per heavy atom. The van der Waals surface area contributed by atoms with Crippen molar-refractivity contribution in [2.24, 2.45) is 0 Å². The van der Waals surface area contributed by atoms with Gasteiger partial charge in [-0.2, -0.15) is 18.4 Å². The molecule has 1 saturated heterocycles. The van der Waals surface area contributed by atoms with Crippen LogP contribution in [0.25, 0.3) is 0 Å². The van der Waals surface area contributed by atoms with Gasteiger partial charge in [-0.15, -0.1) is 11.8 Å². The molecular weight excluding hydrogens is 499 g/mol. The SMILES string of the molecule is C[C@@H](O)[C@H]1CSc2cc(N3C(=S)N(c4ccc(C#N)c(C(F)(F)F)c4)C(=O)C34CCC4)ccc2O1. The van der Waals surface area contributed by atoms with Crippen molar-refractivity contribution in [2.45, 2.75) is 55.0 Å². The molecular formula is C24H20F3N3O3S2. The predicted octanol–water partition coefficient (Wildman–Crippen LogP) is 4.87. The normalized spacial score (nSPS) is 21.9. The van der Waals surface area contributed by atoms with Gasteiger partial charge in [-0.05, 0) is 74.8 Å². The fraction of sp³-hybridized carbons (Fsp3) is 0.375. The maximum absolute atomic E-state index is 13.6. The second kappa shape index (κ2) is 8.40. The van der Waals surface area contributed by atoms with Crippen LogP contribution in [0.5, 0.6) is 5.75 Å². The number of carbonyl (C=O) groups is 1. The number of amides is 1. The highest BCUT2D eigenvalue weighted by Crippen LogP contribution is 2.50. The van der Waals surface area contributed by atoms with E-state index in [0.29, 0.717) is 30.0 Å². The summed E-state index contributed by atoms with van der Waals surface area (Å²) in [4.78, 5) is 17.3. The molecule has 11 heteroatoms. The molecule has 1 aliphatic carbocycles. The number of ether oxygens (including phenoxy) is 1. The summed E-state index contributed by atoms with van der Waals surface area (Å²) < 4.78 is 46.6. The molecule has 1 spiro atoms. The molecule has 2 aromatic carbocycles. The van der Waals surface area contributed by atoms with Crippen LogP contribution in [0.2, 0.25) is 0 Å². The first kappa shape index (κ1) is 23.9. The number of rotatable bonds is 3. The summed E-state index contributed by atoms with van der Waals surface area (Å²) in [6.45, 7) is 1.67. The van der Waals surface area contributed by atoms with Gasteiger partial charge in [0.2, 0.25) is 0 Å². The van der Waals surface area contributed by atoms with E-state index in [1.54, 1.807) is 30.0 Å². The van der Waals surface area contributed by atoms with Gasteiger partial charge in [-0.1, -0.05) is 0 Å². The maximum atomic E-state index is 13.6. The van der Waals surface area contributed by atoms with Crippen LogP contribution in [-0.2, 0) is 11.0 Å². The molecule has 0 radical (unpaired) electrons. The lowest BCUT2D eigenvalue weighted by Gasteiger charge is -2.43. The zero-order chi connectivity index (χ0) is 25.1. The molecule has 2 aromatic rings. The molecule has 0 aromatic heterocycles. The van der Waals surface area contributed by atoms with Gasteiger partial charge in [0.05, 0.1) is 33.9 Å². The molecule has 0 unspecified atom stereocenters. The number of aliphatic hydroxyl groups excluding tert-OH is 1. The van der Waals surface area contributed by atoms with Gasteiger partial charge in [-0.25, -0.2) is 0 Å². The van der Waals surface area contributed by atoms with Gasteiger partial charge in [0.1, 0.15) is 17.4 Å². The molecule has 1 saturated carbocycles. The highest BCUT2D eigenvalue weighted by Gasteiger charge is 2.59. The number of hydrogen-bond acceptors (Lipinski definition) is 6. The van der Waals surface area contributed by atoms with E-state index in [1.807, 2.05) is 6.07 Å². The molecule has 3 aliphatic rings. The van der Waals surface area contributed by atoms with Crippen LogP contribution in [0.15, 0.2) is 41.3 Å². The number of nitrogens with zero attached hydrogens (tertiary/aromatic N) is 3. The summed E-state index contributed by atoms with van der Waals surface area (Å²) >= 11 is 7.19. The summed E-state index contributed by atoms with van der Waals surface area (Å²) in [7, 11) is 0. The van der Waals surface area contributed by atoms with E-state index in [1.165, 1.54) is 17.8 Å². The lowest BCUT2D eigenvalue weighted by molar-refractivity contribution is -0.137. The predicted molar refractivity (Wildman–Crippen MR) is 129 cm³/mol. The highest BCUT2D eigenvalue weighted by atomic mass is 32.2. The first-order valence-electron chi connectivity index (χ1n) is 11.0. The summed E-state index contributed by atoms with van der Waals surface area (Å²) in [5.41, 5.74) is -1.95. The zero-order valence-corrected chi connectivity index (χ0v) is 20.1. The fourth-order valence-corrected chi connectivity index (χ4v) is 6.29. The molecule has 6 nitrogen and oxygen atoms in total. The number of halogens is 3. The molecule has 2 atom stereocenters. The van der Waals surface area contributed by atoms with E-state index in [9.17, 15) is 23.1 Å². The Labute approximate surface area is 209 Å². The summed E-state index contributed by atoms with van der Waals surface area (Å²) in [5, 5.41) is 19.1.